The standard InChI is InChI=1S/C13H26N4O/c1-6-14-11(7-10(2)3)8-13-15-12(16-18-13)9-17(4)5/h10-11,14H,6-9H2,1-5H3. The zero-order chi connectivity index (χ0) is 13.5. The van der Waals surface area contributed by atoms with Crippen LogP contribution in [0.2, 0.25) is 0 Å². The highest BCUT2D eigenvalue weighted by molar-refractivity contribution is 4.89. The van der Waals surface area contributed by atoms with Crippen molar-refractivity contribution in [1.29, 1.82) is 0 Å². The van der Waals surface area contributed by atoms with Crippen molar-refractivity contribution in [1.82, 2.24) is 20.4 Å². The third-order valence-electron chi connectivity index (χ3n) is 2.64. The molecule has 0 aliphatic carbocycles. The Balaban J connectivity index is 2.54. The van der Waals surface area contributed by atoms with E-state index in [1.807, 2.05) is 19.0 Å². The molecule has 104 valence electrons. The minimum Gasteiger partial charge on any atom is -0.339 e. The Labute approximate surface area is 110 Å². The van der Waals surface area contributed by atoms with Gasteiger partial charge < -0.3 is 14.7 Å². The second-order valence-corrected chi connectivity index (χ2v) is 5.43. The molecule has 1 unspecified atom stereocenters. The van der Waals surface area contributed by atoms with Gasteiger partial charge >= 0.3 is 0 Å². The van der Waals surface area contributed by atoms with Gasteiger partial charge in [0.05, 0.1) is 6.54 Å². The van der Waals surface area contributed by atoms with Gasteiger partial charge in [-0.3, -0.25) is 0 Å². The fourth-order valence-electron chi connectivity index (χ4n) is 2.03. The molecule has 0 aliphatic rings. The Morgan fingerprint density at radius 1 is 1.33 bits per heavy atom. The third-order valence-corrected chi connectivity index (χ3v) is 2.64. The van der Waals surface area contributed by atoms with E-state index in [-0.39, 0.29) is 0 Å². The summed E-state index contributed by atoms with van der Waals surface area (Å²) < 4.78 is 5.30. The van der Waals surface area contributed by atoms with E-state index in [0.717, 1.165) is 37.6 Å². The zero-order valence-electron chi connectivity index (χ0n) is 12.2. The number of nitrogens with one attached hydrogen (secondary N) is 1. The zero-order valence-corrected chi connectivity index (χ0v) is 12.2. The van der Waals surface area contributed by atoms with Gasteiger partial charge in [0, 0.05) is 12.5 Å². The predicted octanol–water partition coefficient (Wildman–Crippen LogP) is 1.70. The molecule has 0 bridgehead atoms. The summed E-state index contributed by atoms with van der Waals surface area (Å²) in [4.78, 5) is 6.45. The summed E-state index contributed by atoms with van der Waals surface area (Å²) in [6.07, 6.45) is 1.94. The van der Waals surface area contributed by atoms with Crippen molar-refractivity contribution in [2.75, 3.05) is 20.6 Å². The van der Waals surface area contributed by atoms with E-state index in [4.69, 9.17) is 4.52 Å². The van der Waals surface area contributed by atoms with Crippen LogP contribution in [0.3, 0.4) is 0 Å². The van der Waals surface area contributed by atoms with Crippen molar-refractivity contribution in [3.05, 3.63) is 11.7 Å². The molecule has 0 amide bonds. The fraction of sp³-hybridized carbons (Fsp3) is 0.846. The lowest BCUT2D eigenvalue weighted by Crippen LogP contribution is -2.32. The first-order valence-corrected chi connectivity index (χ1v) is 6.70. The van der Waals surface area contributed by atoms with E-state index in [1.54, 1.807) is 0 Å². The highest BCUT2D eigenvalue weighted by atomic mass is 16.5. The Bertz CT molecular complexity index is 335. The fourth-order valence-corrected chi connectivity index (χ4v) is 2.03. The Morgan fingerprint density at radius 3 is 2.61 bits per heavy atom. The van der Waals surface area contributed by atoms with Gasteiger partial charge in [-0.2, -0.15) is 4.98 Å². The van der Waals surface area contributed by atoms with Crippen LogP contribution >= 0.6 is 0 Å². The summed E-state index contributed by atoms with van der Waals surface area (Å²) in [5.41, 5.74) is 0. The summed E-state index contributed by atoms with van der Waals surface area (Å²) in [5, 5.41) is 7.47. The van der Waals surface area contributed by atoms with Gasteiger partial charge in [0.15, 0.2) is 5.82 Å². The summed E-state index contributed by atoms with van der Waals surface area (Å²) in [6.45, 7) is 8.28. The van der Waals surface area contributed by atoms with Crippen molar-refractivity contribution in [2.45, 2.75) is 46.2 Å². The summed E-state index contributed by atoms with van der Waals surface area (Å²) in [5.74, 6) is 2.16. The molecule has 0 saturated carbocycles. The van der Waals surface area contributed by atoms with E-state index >= 15 is 0 Å². The maximum Gasteiger partial charge on any atom is 0.228 e. The minimum atomic E-state index is 0.419. The van der Waals surface area contributed by atoms with Crippen LogP contribution in [-0.4, -0.2) is 41.7 Å². The number of likely N-dealkylation sites (N-methyl/N-ethyl adjacent to an activating group) is 1. The lowest BCUT2D eigenvalue weighted by Gasteiger charge is -2.17. The molecular formula is C13H26N4O. The molecule has 18 heavy (non-hydrogen) atoms. The molecule has 1 aromatic heterocycles. The number of aromatic nitrogens is 2. The van der Waals surface area contributed by atoms with Crippen molar-refractivity contribution in [3.63, 3.8) is 0 Å². The van der Waals surface area contributed by atoms with E-state index in [1.165, 1.54) is 0 Å². The lowest BCUT2D eigenvalue weighted by molar-refractivity contribution is 0.329. The first-order chi connectivity index (χ1) is 8.51. The van der Waals surface area contributed by atoms with Gasteiger partial charge in [0.25, 0.3) is 0 Å². The van der Waals surface area contributed by atoms with Crippen LogP contribution < -0.4 is 5.32 Å². The normalized spacial score (nSPS) is 13.5. The molecule has 5 nitrogen and oxygen atoms in total. The first kappa shape index (κ1) is 15.1. The van der Waals surface area contributed by atoms with Crippen LogP contribution in [0.15, 0.2) is 4.52 Å². The quantitative estimate of drug-likeness (QED) is 0.765. The van der Waals surface area contributed by atoms with E-state index in [0.29, 0.717) is 12.0 Å². The van der Waals surface area contributed by atoms with Crippen LogP contribution in [0.4, 0.5) is 0 Å². The molecule has 1 aromatic rings. The van der Waals surface area contributed by atoms with Crippen molar-refractivity contribution in [3.8, 4) is 0 Å². The summed E-state index contributed by atoms with van der Waals surface area (Å²) in [6, 6.07) is 0.419. The van der Waals surface area contributed by atoms with Gasteiger partial charge in [-0.25, -0.2) is 0 Å². The van der Waals surface area contributed by atoms with Crippen LogP contribution in [0, 0.1) is 5.92 Å². The highest BCUT2D eigenvalue weighted by Crippen LogP contribution is 2.10. The Hall–Kier alpha value is -0.940. The molecule has 0 spiro atoms. The second-order valence-electron chi connectivity index (χ2n) is 5.43. The van der Waals surface area contributed by atoms with Crippen LogP contribution in [-0.2, 0) is 13.0 Å². The number of hydrogen-bond acceptors (Lipinski definition) is 5. The van der Waals surface area contributed by atoms with Gasteiger partial charge in [-0.05, 0) is 33.0 Å². The molecule has 5 heteroatoms. The minimum absolute atomic E-state index is 0.419. The number of hydrogen-bond donors (Lipinski definition) is 1. The molecule has 1 rings (SSSR count). The van der Waals surface area contributed by atoms with Gasteiger partial charge in [-0.15, -0.1) is 0 Å². The van der Waals surface area contributed by atoms with Crippen LogP contribution in [0.25, 0.3) is 0 Å². The monoisotopic (exact) mass is 254 g/mol. The summed E-state index contributed by atoms with van der Waals surface area (Å²) >= 11 is 0. The topological polar surface area (TPSA) is 54.2 Å². The molecule has 0 saturated heterocycles. The average Bonchev–Trinajstić information content (AvgIpc) is 2.63. The number of rotatable bonds is 8. The predicted molar refractivity (Wildman–Crippen MR) is 72.3 cm³/mol. The van der Waals surface area contributed by atoms with Gasteiger partial charge in [-0.1, -0.05) is 25.9 Å². The Morgan fingerprint density at radius 2 is 2.06 bits per heavy atom. The molecule has 0 radical (unpaired) electrons. The first-order valence-electron chi connectivity index (χ1n) is 6.70. The smallest absolute Gasteiger partial charge is 0.228 e. The van der Waals surface area contributed by atoms with E-state index in [2.05, 4.69) is 36.2 Å². The van der Waals surface area contributed by atoms with Gasteiger partial charge in [0.2, 0.25) is 5.89 Å². The van der Waals surface area contributed by atoms with E-state index in [9.17, 15) is 0 Å². The molecular weight excluding hydrogens is 228 g/mol. The highest BCUT2D eigenvalue weighted by Gasteiger charge is 2.15. The molecule has 1 N–H and O–H groups in total. The molecule has 0 aliphatic heterocycles. The van der Waals surface area contributed by atoms with Crippen molar-refractivity contribution in [2.24, 2.45) is 5.92 Å². The molecule has 0 aromatic carbocycles. The molecule has 0 fully saturated rings. The maximum atomic E-state index is 5.30. The SMILES string of the molecule is CCNC(Cc1nc(CN(C)C)no1)CC(C)C. The van der Waals surface area contributed by atoms with Gasteiger partial charge in [0.1, 0.15) is 0 Å². The molecule has 1 heterocycles. The van der Waals surface area contributed by atoms with E-state index < -0.39 is 0 Å². The third kappa shape index (κ3) is 5.60. The summed E-state index contributed by atoms with van der Waals surface area (Å²) in [7, 11) is 3.99. The Kier molecular flexibility index (Phi) is 6.29. The number of nitrogens with zero attached hydrogens (tertiary/aromatic N) is 3. The average molecular weight is 254 g/mol. The largest absolute Gasteiger partial charge is 0.339 e. The van der Waals surface area contributed by atoms with Crippen molar-refractivity contribution < 1.29 is 4.52 Å². The van der Waals surface area contributed by atoms with Crippen molar-refractivity contribution >= 4 is 0 Å². The lowest BCUT2D eigenvalue weighted by atomic mass is 10.0. The molecule has 1 atom stereocenters. The maximum absolute atomic E-state index is 5.30. The van der Waals surface area contributed by atoms with Crippen LogP contribution in [0.5, 0.6) is 0 Å². The van der Waals surface area contributed by atoms with Crippen LogP contribution in [0.1, 0.15) is 38.9 Å². The second kappa shape index (κ2) is 7.48.